The quantitative estimate of drug-likeness (QED) is 0.558. The van der Waals surface area contributed by atoms with Crippen molar-refractivity contribution < 1.29 is 23.8 Å². The molecule has 0 saturated carbocycles. The highest BCUT2D eigenvalue weighted by atomic mass is 32.1. The van der Waals surface area contributed by atoms with Crippen LogP contribution in [0.1, 0.15) is 34.8 Å². The van der Waals surface area contributed by atoms with E-state index in [0.717, 1.165) is 21.8 Å². The fourth-order valence-corrected chi connectivity index (χ4v) is 4.13. The number of carbonyl (C=O) groups is 2. The molecule has 31 heavy (non-hydrogen) atoms. The lowest BCUT2D eigenvalue weighted by Crippen LogP contribution is -2.35. The van der Waals surface area contributed by atoms with Gasteiger partial charge in [0.2, 0.25) is 6.79 Å². The number of fused-ring (bicyclic) bond motifs is 1. The Kier molecular flexibility index (Phi) is 5.90. The van der Waals surface area contributed by atoms with E-state index in [4.69, 9.17) is 14.2 Å². The highest BCUT2D eigenvalue weighted by Gasteiger charge is 2.17. The second-order valence-electron chi connectivity index (χ2n) is 7.18. The number of benzene rings is 2. The van der Waals surface area contributed by atoms with Gasteiger partial charge >= 0.3 is 0 Å². The molecule has 3 aromatic rings. The van der Waals surface area contributed by atoms with Crippen LogP contribution >= 0.6 is 11.3 Å². The second-order valence-corrected chi connectivity index (χ2v) is 8.18. The molecule has 1 aromatic heterocycles. The molecule has 0 fully saturated rings. The van der Waals surface area contributed by atoms with Gasteiger partial charge in [-0.2, -0.15) is 0 Å². The first-order valence-corrected chi connectivity index (χ1v) is 10.6. The Hall–Kier alpha value is -3.39. The Morgan fingerprint density at radius 1 is 1.16 bits per heavy atom. The molecule has 1 N–H and O–H groups in total. The van der Waals surface area contributed by atoms with E-state index in [1.54, 1.807) is 26.0 Å². The number of aryl methyl sites for hydroxylation is 1. The van der Waals surface area contributed by atoms with Gasteiger partial charge in [-0.25, -0.2) is 4.98 Å². The van der Waals surface area contributed by atoms with E-state index in [2.05, 4.69) is 10.3 Å². The number of ketones is 1. The normalized spacial score (nSPS) is 13.0. The molecule has 0 radical (unpaired) electrons. The number of amides is 1. The number of hydrogen-bond acceptors (Lipinski definition) is 7. The molecule has 4 rings (SSSR count). The van der Waals surface area contributed by atoms with Gasteiger partial charge in [-0.1, -0.05) is 6.07 Å². The standard InChI is InChI=1S/C23H22N2O5S/c1-13-21(14(2)26)31-23(25-13)17-5-7-18(8-6-17)30-15(3)22(27)24-11-16-4-9-19-20(10-16)29-12-28-19/h4-10,15H,11-12H2,1-3H3,(H,24,27)/t15-/m1/s1. The predicted octanol–water partition coefficient (Wildman–Crippen LogP) is 4.13. The van der Waals surface area contributed by atoms with Crippen molar-refractivity contribution >= 4 is 23.0 Å². The number of hydrogen-bond donors (Lipinski definition) is 1. The Morgan fingerprint density at radius 2 is 1.90 bits per heavy atom. The average molecular weight is 439 g/mol. The fraction of sp³-hybridized carbons (Fsp3) is 0.261. The lowest BCUT2D eigenvalue weighted by molar-refractivity contribution is -0.127. The second kappa shape index (κ2) is 8.77. The van der Waals surface area contributed by atoms with E-state index in [1.165, 1.54) is 11.3 Å². The number of rotatable bonds is 7. The van der Waals surface area contributed by atoms with Crippen LogP contribution in [0.4, 0.5) is 0 Å². The Morgan fingerprint density at radius 3 is 2.61 bits per heavy atom. The van der Waals surface area contributed by atoms with Gasteiger partial charge in [-0.3, -0.25) is 9.59 Å². The molecule has 160 valence electrons. The van der Waals surface area contributed by atoms with E-state index >= 15 is 0 Å². The van der Waals surface area contributed by atoms with Crippen molar-refractivity contribution in [1.29, 1.82) is 0 Å². The number of thiazole rings is 1. The summed E-state index contributed by atoms with van der Waals surface area (Å²) >= 11 is 1.37. The SMILES string of the molecule is CC(=O)c1sc(-c2ccc(O[C@H](C)C(=O)NCc3ccc4c(c3)OCO4)cc2)nc1C. The van der Waals surface area contributed by atoms with Gasteiger partial charge in [0.25, 0.3) is 5.91 Å². The van der Waals surface area contributed by atoms with Crippen molar-refractivity contribution in [3.05, 3.63) is 58.6 Å². The Labute approximate surface area is 184 Å². The summed E-state index contributed by atoms with van der Waals surface area (Å²) in [6, 6.07) is 12.9. The maximum atomic E-state index is 12.4. The van der Waals surface area contributed by atoms with Crippen molar-refractivity contribution in [3.8, 4) is 27.8 Å². The van der Waals surface area contributed by atoms with E-state index in [-0.39, 0.29) is 18.5 Å². The molecule has 7 nitrogen and oxygen atoms in total. The summed E-state index contributed by atoms with van der Waals surface area (Å²) in [5.74, 6) is 1.77. The van der Waals surface area contributed by atoms with E-state index in [0.29, 0.717) is 28.7 Å². The molecule has 0 aliphatic carbocycles. The highest BCUT2D eigenvalue weighted by molar-refractivity contribution is 7.17. The minimum absolute atomic E-state index is 0.0155. The molecule has 1 atom stereocenters. The summed E-state index contributed by atoms with van der Waals surface area (Å²) in [4.78, 5) is 29.2. The van der Waals surface area contributed by atoms with Crippen molar-refractivity contribution in [2.24, 2.45) is 0 Å². The van der Waals surface area contributed by atoms with Crippen LogP contribution in [-0.4, -0.2) is 29.6 Å². The van der Waals surface area contributed by atoms with Crippen LogP contribution in [0, 0.1) is 6.92 Å². The van der Waals surface area contributed by atoms with Gasteiger partial charge in [0.15, 0.2) is 23.4 Å². The molecule has 1 aliphatic heterocycles. The Bertz CT molecular complexity index is 1120. The van der Waals surface area contributed by atoms with Gasteiger partial charge in [-0.05, 0) is 55.8 Å². The fourth-order valence-electron chi connectivity index (χ4n) is 3.16. The van der Waals surface area contributed by atoms with Gasteiger partial charge < -0.3 is 19.5 Å². The summed E-state index contributed by atoms with van der Waals surface area (Å²) in [7, 11) is 0. The van der Waals surface area contributed by atoms with Gasteiger partial charge in [-0.15, -0.1) is 11.3 Å². The number of Topliss-reactive ketones (excluding diaryl/α,β-unsaturated/α-hetero) is 1. The van der Waals surface area contributed by atoms with E-state index in [1.807, 2.05) is 37.3 Å². The summed E-state index contributed by atoms with van der Waals surface area (Å²) in [5, 5.41) is 3.65. The average Bonchev–Trinajstić information content (AvgIpc) is 3.38. The molecule has 0 unspecified atom stereocenters. The molecule has 2 aromatic carbocycles. The van der Waals surface area contributed by atoms with Gasteiger partial charge in [0.1, 0.15) is 10.8 Å². The number of nitrogens with one attached hydrogen (secondary N) is 1. The first-order valence-electron chi connectivity index (χ1n) is 9.82. The zero-order chi connectivity index (χ0) is 22.0. The summed E-state index contributed by atoms with van der Waals surface area (Å²) in [5.41, 5.74) is 2.55. The third-order valence-electron chi connectivity index (χ3n) is 4.80. The van der Waals surface area contributed by atoms with Crippen LogP contribution in [0.2, 0.25) is 0 Å². The van der Waals surface area contributed by atoms with Crippen LogP contribution in [0.3, 0.4) is 0 Å². The summed E-state index contributed by atoms with van der Waals surface area (Å²) in [6.45, 7) is 5.66. The van der Waals surface area contributed by atoms with Crippen LogP contribution in [-0.2, 0) is 11.3 Å². The topological polar surface area (TPSA) is 86.8 Å². The minimum Gasteiger partial charge on any atom is -0.481 e. The van der Waals surface area contributed by atoms with E-state index in [9.17, 15) is 9.59 Å². The monoisotopic (exact) mass is 438 g/mol. The zero-order valence-corrected chi connectivity index (χ0v) is 18.2. The molecule has 2 heterocycles. The summed E-state index contributed by atoms with van der Waals surface area (Å²) in [6.07, 6.45) is -0.661. The molecule has 0 saturated heterocycles. The van der Waals surface area contributed by atoms with E-state index < -0.39 is 6.10 Å². The molecule has 1 amide bonds. The maximum absolute atomic E-state index is 12.4. The maximum Gasteiger partial charge on any atom is 0.261 e. The van der Waals surface area contributed by atoms with Crippen molar-refractivity contribution in [2.75, 3.05) is 6.79 Å². The third-order valence-corrected chi connectivity index (χ3v) is 6.11. The Balaban J connectivity index is 1.33. The smallest absolute Gasteiger partial charge is 0.261 e. The largest absolute Gasteiger partial charge is 0.481 e. The molecular weight excluding hydrogens is 416 g/mol. The number of nitrogens with zero attached hydrogens (tertiary/aromatic N) is 1. The van der Waals surface area contributed by atoms with Crippen molar-refractivity contribution in [2.45, 2.75) is 33.4 Å². The molecule has 8 heteroatoms. The first kappa shape index (κ1) is 20.9. The highest BCUT2D eigenvalue weighted by Crippen LogP contribution is 2.32. The third kappa shape index (κ3) is 4.69. The molecule has 1 aliphatic rings. The molecule has 0 spiro atoms. The first-order chi connectivity index (χ1) is 14.9. The summed E-state index contributed by atoms with van der Waals surface area (Å²) < 4.78 is 16.4. The number of ether oxygens (including phenoxy) is 3. The van der Waals surface area contributed by atoms with Crippen molar-refractivity contribution in [1.82, 2.24) is 10.3 Å². The van der Waals surface area contributed by atoms with Crippen LogP contribution in [0.5, 0.6) is 17.2 Å². The van der Waals surface area contributed by atoms with Gasteiger partial charge in [0.05, 0.1) is 10.6 Å². The van der Waals surface area contributed by atoms with Crippen LogP contribution in [0.15, 0.2) is 42.5 Å². The zero-order valence-electron chi connectivity index (χ0n) is 17.4. The number of carbonyl (C=O) groups excluding carboxylic acids is 2. The van der Waals surface area contributed by atoms with Crippen LogP contribution in [0.25, 0.3) is 10.6 Å². The van der Waals surface area contributed by atoms with Crippen molar-refractivity contribution in [3.63, 3.8) is 0 Å². The van der Waals surface area contributed by atoms with Gasteiger partial charge in [0, 0.05) is 19.0 Å². The number of aromatic nitrogens is 1. The minimum atomic E-state index is -0.661. The predicted molar refractivity (Wildman–Crippen MR) is 117 cm³/mol. The van der Waals surface area contributed by atoms with Crippen LogP contribution < -0.4 is 19.5 Å². The lowest BCUT2D eigenvalue weighted by Gasteiger charge is -2.15. The molecule has 0 bridgehead atoms. The molecular formula is C23H22N2O5S. The lowest BCUT2D eigenvalue weighted by atomic mass is 10.2.